The Morgan fingerprint density at radius 2 is 1.67 bits per heavy atom. The summed E-state index contributed by atoms with van der Waals surface area (Å²) in [5, 5.41) is 0. The van der Waals surface area contributed by atoms with Gasteiger partial charge in [0, 0.05) is 18.4 Å². The molecule has 0 bridgehead atoms. The van der Waals surface area contributed by atoms with Crippen molar-refractivity contribution in [2.24, 2.45) is 11.8 Å². The van der Waals surface area contributed by atoms with Crippen LogP contribution in [0.15, 0.2) is 12.5 Å². The molecule has 0 aromatic carbocycles. The van der Waals surface area contributed by atoms with Crippen LogP contribution in [-0.4, -0.2) is 9.55 Å². The zero-order valence-corrected chi connectivity index (χ0v) is 12.7. The molecular formula is C16H30N2. The molecule has 1 aromatic rings. The van der Waals surface area contributed by atoms with Gasteiger partial charge in [-0.25, -0.2) is 4.98 Å². The van der Waals surface area contributed by atoms with E-state index in [9.17, 15) is 0 Å². The molecule has 0 saturated carbocycles. The van der Waals surface area contributed by atoms with Crippen LogP contribution in [0.1, 0.15) is 65.5 Å². The lowest BCUT2D eigenvalue weighted by atomic mass is 10.0. The van der Waals surface area contributed by atoms with Crippen molar-refractivity contribution < 1.29 is 0 Å². The molecule has 0 spiro atoms. The van der Waals surface area contributed by atoms with Gasteiger partial charge < -0.3 is 4.57 Å². The third kappa shape index (κ3) is 6.23. The summed E-state index contributed by atoms with van der Waals surface area (Å²) in [5.74, 6) is 1.64. The number of unbranched alkanes of at least 4 members (excludes halogenated alkanes) is 1. The van der Waals surface area contributed by atoms with Crippen LogP contribution in [-0.2, 0) is 13.0 Å². The Hall–Kier alpha value is -0.790. The predicted octanol–water partition coefficient (Wildman–Crippen LogP) is 4.69. The van der Waals surface area contributed by atoms with Gasteiger partial charge >= 0.3 is 0 Å². The van der Waals surface area contributed by atoms with Crippen LogP contribution in [0.5, 0.6) is 0 Å². The van der Waals surface area contributed by atoms with E-state index >= 15 is 0 Å². The second-order valence-corrected chi connectivity index (χ2v) is 6.25. The van der Waals surface area contributed by atoms with Crippen molar-refractivity contribution >= 4 is 0 Å². The third-order valence-corrected chi connectivity index (χ3v) is 3.44. The maximum atomic E-state index is 4.30. The molecule has 0 unspecified atom stereocenters. The number of rotatable bonds is 9. The smallest absolute Gasteiger partial charge is 0.0948 e. The highest BCUT2D eigenvalue weighted by Gasteiger charge is 2.03. The zero-order chi connectivity index (χ0) is 13.4. The molecule has 0 amide bonds. The monoisotopic (exact) mass is 250 g/mol. The number of hydrogen-bond donors (Lipinski definition) is 0. The molecule has 0 radical (unpaired) electrons. The van der Waals surface area contributed by atoms with Crippen LogP contribution in [0, 0.1) is 11.8 Å². The van der Waals surface area contributed by atoms with E-state index in [4.69, 9.17) is 0 Å². The van der Waals surface area contributed by atoms with Crippen molar-refractivity contribution in [3.8, 4) is 0 Å². The minimum Gasteiger partial charge on any atom is -0.335 e. The van der Waals surface area contributed by atoms with Gasteiger partial charge in [0.15, 0.2) is 0 Å². The minimum atomic E-state index is 0.808. The van der Waals surface area contributed by atoms with Gasteiger partial charge in [-0.15, -0.1) is 0 Å². The summed E-state index contributed by atoms with van der Waals surface area (Å²) < 4.78 is 2.34. The molecule has 2 nitrogen and oxygen atoms in total. The molecule has 0 saturated heterocycles. The molecule has 0 aliphatic carbocycles. The molecule has 1 rings (SSSR count). The first-order valence-electron chi connectivity index (χ1n) is 7.58. The van der Waals surface area contributed by atoms with E-state index in [-0.39, 0.29) is 0 Å². The molecule has 104 valence electrons. The summed E-state index contributed by atoms with van der Waals surface area (Å²) in [5.41, 5.74) is 1.42. The van der Waals surface area contributed by atoms with E-state index < -0.39 is 0 Å². The first kappa shape index (κ1) is 15.3. The third-order valence-electron chi connectivity index (χ3n) is 3.44. The van der Waals surface area contributed by atoms with Gasteiger partial charge in [-0.3, -0.25) is 0 Å². The topological polar surface area (TPSA) is 17.8 Å². The van der Waals surface area contributed by atoms with Crippen molar-refractivity contribution in [3.63, 3.8) is 0 Å². The summed E-state index contributed by atoms with van der Waals surface area (Å²) in [6.07, 6.45) is 11.8. The Morgan fingerprint density at radius 3 is 2.33 bits per heavy atom. The van der Waals surface area contributed by atoms with E-state index in [0.717, 1.165) is 18.4 Å². The van der Waals surface area contributed by atoms with Gasteiger partial charge in [0.2, 0.25) is 0 Å². The number of nitrogens with zero attached hydrogens (tertiary/aromatic N) is 2. The summed E-state index contributed by atoms with van der Waals surface area (Å²) in [6.45, 7) is 10.3. The van der Waals surface area contributed by atoms with Crippen molar-refractivity contribution in [3.05, 3.63) is 18.2 Å². The summed E-state index contributed by atoms with van der Waals surface area (Å²) in [6, 6.07) is 0. The Kier molecular flexibility index (Phi) is 7.07. The van der Waals surface area contributed by atoms with Crippen molar-refractivity contribution in [1.82, 2.24) is 9.55 Å². The largest absolute Gasteiger partial charge is 0.335 e. The summed E-state index contributed by atoms with van der Waals surface area (Å²) >= 11 is 0. The van der Waals surface area contributed by atoms with E-state index in [0.29, 0.717) is 0 Å². The molecule has 18 heavy (non-hydrogen) atoms. The van der Waals surface area contributed by atoms with Crippen LogP contribution in [0.25, 0.3) is 0 Å². The van der Waals surface area contributed by atoms with Gasteiger partial charge in [-0.1, -0.05) is 40.5 Å². The van der Waals surface area contributed by atoms with Gasteiger partial charge in [-0.05, 0) is 37.5 Å². The van der Waals surface area contributed by atoms with Crippen LogP contribution >= 0.6 is 0 Å². The Labute approximate surface area is 113 Å². The fraction of sp³-hybridized carbons (Fsp3) is 0.812. The Balaban J connectivity index is 2.26. The molecule has 1 heterocycles. The lowest BCUT2D eigenvalue weighted by Gasteiger charge is -2.10. The average molecular weight is 250 g/mol. The first-order valence-corrected chi connectivity index (χ1v) is 7.58. The molecule has 0 atom stereocenters. The van der Waals surface area contributed by atoms with Gasteiger partial charge in [-0.2, -0.15) is 0 Å². The van der Waals surface area contributed by atoms with E-state index in [1.54, 1.807) is 0 Å². The fourth-order valence-electron chi connectivity index (χ4n) is 2.29. The molecule has 0 fully saturated rings. The number of hydrogen-bond acceptors (Lipinski definition) is 1. The van der Waals surface area contributed by atoms with Crippen LogP contribution in [0.3, 0.4) is 0 Å². The van der Waals surface area contributed by atoms with Crippen LogP contribution < -0.4 is 0 Å². The normalized spacial score (nSPS) is 11.7. The quantitative estimate of drug-likeness (QED) is 0.581. The van der Waals surface area contributed by atoms with Crippen LogP contribution in [0.4, 0.5) is 0 Å². The number of aromatic nitrogens is 2. The van der Waals surface area contributed by atoms with Crippen molar-refractivity contribution in [1.29, 1.82) is 0 Å². The van der Waals surface area contributed by atoms with Crippen molar-refractivity contribution in [2.75, 3.05) is 0 Å². The van der Waals surface area contributed by atoms with E-state index in [1.165, 1.54) is 44.2 Å². The average Bonchev–Trinajstić information content (AvgIpc) is 2.71. The van der Waals surface area contributed by atoms with E-state index in [1.807, 2.05) is 12.5 Å². The highest BCUT2D eigenvalue weighted by molar-refractivity contribution is 4.98. The lowest BCUT2D eigenvalue weighted by Crippen LogP contribution is -2.03. The Morgan fingerprint density at radius 1 is 1.00 bits per heavy atom. The Bertz CT molecular complexity index is 313. The first-order chi connectivity index (χ1) is 8.59. The van der Waals surface area contributed by atoms with Crippen molar-refractivity contribution in [2.45, 2.75) is 72.8 Å². The number of imidazole rings is 1. The second kappa shape index (κ2) is 8.34. The molecule has 0 aliphatic rings. The maximum absolute atomic E-state index is 4.30. The number of aryl methyl sites for hydroxylation is 2. The maximum Gasteiger partial charge on any atom is 0.0948 e. The van der Waals surface area contributed by atoms with Crippen LogP contribution in [0.2, 0.25) is 0 Å². The fourth-order valence-corrected chi connectivity index (χ4v) is 2.29. The molecule has 0 aliphatic heterocycles. The highest BCUT2D eigenvalue weighted by Crippen LogP contribution is 2.12. The SMILES string of the molecule is CC(C)CCCCc1cncn1CCCC(C)C. The van der Waals surface area contributed by atoms with Gasteiger partial charge in [0.05, 0.1) is 6.33 Å². The predicted molar refractivity (Wildman–Crippen MR) is 78.7 cm³/mol. The molecular weight excluding hydrogens is 220 g/mol. The summed E-state index contributed by atoms with van der Waals surface area (Å²) in [4.78, 5) is 4.30. The minimum absolute atomic E-state index is 0.808. The molecule has 2 heteroatoms. The van der Waals surface area contributed by atoms with E-state index in [2.05, 4.69) is 37.2 Å². The zero-order valence-electron chi connectivity index (χ0n) is 12.7. The lowest BCUT2D eigenvalue weighted by molar-refractivity contribution is 0.497. The second-order valence-electron chi connectivity index (χ2n) is 6.25. The molecule has 1 aromatic heterocycles. The molecule has 0 N–H and O–H groups in total. The van der Waals surface area contributed by atoms with Gasteiger partial charge in [0.25, 0.3) is 0 Å². The summed E-state index contributed by atoms with van der Waals surface area (Å²) in [7, 11) is 0. The highest BCUT2D eigenvalue weighted by atomic mass is 15.0. The standard InChI is InChI=1S/C16H30N2/c1-14(2)8-5-6-10-16-12-17-13-18(16)11-7-9-15(3)4/h12-15H,5-11H2,1-4H3. The van der Waals surface area contributed by atoms with Gasteiger partial charge in [0.1, 0.15) is 0 Å².